The van der Waals surface area contributed by atoms with Gasteiger partial charge in [-0.25, -0.2) is 4.98 Å². The average Bonchev–Trinajstić information content (AvgIpc) is 3.16. The van der Waals surface area contributed by atoms with Crippen LogP contribution in [0.2, 0.25) is 0 Å². The summed E-state index contributed by atoms with van der Waals surface area (Å²) in [6, 6.07) is 13.2. The fraction of sp³-hybridized carbons (Fsp3) is 0.296. The van der Waals surface area contributed by atoms with Crippen molar-refractivity contribution >= 4 is 44.9 Å². The van der Waals surface area contributed by atoms with Gasteiger partial charge < -0.3 is 10.1 Å². The summed E-state index contributed by atoms with van der Waals surface area (Å²) in [5.74, 6) is 0.695. The Labute approximate surface area is 213 Å². The highest BCUT2D eigenvalue weighted by Gasteiger charge is 2.20. The van der Waals surface area contributed by atoms with Crippen molar-refractivity contribution < 1.29 is 9.53 Å². The SMILES string of the molecule is CCCc1sc2nc(SCC(=O)Nc3c(C)cccc3C)n(-c3ccc(OC)cc3)c(=O)c2c1C. The Balaban J connectivity index is 1.73. The molecule has 8 heteroatoms. The number of para-hydroxylation sites is 1. The number of nitrogens with zero attached hydrogens (tertiary/aromatic N) is 2. The van der Waals surface area contributed by atoms with Crippen LogP contribution in [0.3, 0.4) is 0 Å². The van der Waals surface area contributed by atoms with E-state index in [9.17, 15) is 9.59 Å². The van der Waals surface area contributed by atoms with Crippen molar-refractivity contribution in [3.8, 4) is 11.4 Å². The van der Waals surface area contributed by atoms with E-state index in [0.29, 0.717) is 22.0 Å². The molecule has 0 radical (unpaired) electrons. The number of rotatable bonds is 8. The van der Waals surface area contributed by atoms with Crippen LogP contribution in [0.4, 0.5) is 5.69 Å². The number of aryl methyl sites for hydroxylation is 4. The maximum atomic E-state index is 13.8. The van der Waals surface area contributed by atoms with Gasteiger partial charge in [-0.2, -0.15) is 0 Å². The number of hydrogen-bond donors (Lipinski definition) is 1. The van der Waals surface area contributed by atoms with Crippen LogP contribution < -0.4 is 15.6 Å². The van der Waals surface area contributed by atoms with Crippen LogP contribution in [0.15, 0.2) is 52.4 Å². The Bertz CT molecular complexity index is 1420. The van der Waals surface area contributed by atoms with Gasteiger partial charge in [0.05, 0.1) is 23.9 Å². The van der Waals surface area contributed by atoms with Gasteiger partial charge in [0.1, 0.15) is 10.6 Å². The fourth-order valence-electron chi connectivity index (χ4n) is 4.05. The number of aromatic nitrogens is 2. The maximum absolute atomic E-state index is 13.8. The third-order valence-electron chi connectivity index (χ3n) is 5.92. The molecule has 0 aliphatic carbocycles. The first-order chi connectivity index (χ1) is 16.8. The summed E-state index contributed by atoms with van der Waals surface area (Å²) in [7, 11) is 1.61. The molecule has 0 atom stereocenters. The number of fused-ring (bicyclic) bond motifs is 1. The van der Waals surface area contributed by atoms with Crippen molar-refractivity contribution in [2.45, 2.75) is 45.7 Å². The number of hydrogen-bond acceptors (Lipinski definition) is 6. The number of ether oxygens (including phenoxy) is 1. The minimum Gasteiger partial charge on any atom is -0.497 e. The Morgan fingerprint density at radius 1 is 1.11 bits per heavy atom. The van der Waals surface area contributed by atoms with Gasteiger partial charge in [-0.3, -0.25) is 14.2 Å². The first-order valence-electron chi connectivity index (χ1n) is 11.5. The molecule has 0 saturated heterocycles. The van der Waals surface area contributed by atoms with Gasteiger partial charge in [0, 0.05) is 10.6 Å². The lowest BCUT2D eigenvalue weighted by molar-refractivity contribution is -0.113. The molecule has 0 aliphatic heterocycles. The summed E-state index contributed by atoms with van der Waals surface area (Å²) < 4.78 is 6.89. The van der Waals surface area contributed by atoms with Gasteiger partial charge in [-0.05, 0) is 68.1 Å². The van der Waals surface area contributed by atoms with Crippen molar-refractivity contribution in [1.82, 2.24) is 9.55 Å². The third-order valence-corrected chi connectivity index (χ3v) is 8.10. The highest BCUT2D eigenvalue weighted by atomic mass is 32.2. The molecular formula is C27H29N3O3S2. The Morgan fingerprint density at radius 2 is 1.80 bits per heavy atom. The second-order valence-electron chi connectivity index (χ2n) is 8.42. The molecule has 2 aromatic carbocycles. The van der Waals surface area contributed by atoms with Crippen LogP contribution in [0.5, 0.6) is 5.75 Å². The Morgan fingerprint density at radius 3 is 2.43 bits per heavy atom. The van der Waals surface area contributed by atoms with Gasteiger partial charge in [0.2, 0.25) is 5.91 Å². The number of benzene rings is 2. The standard InChI is InChI=1S/C27H29N3O3S2/c1-6-8-21-18(4)23-25(35-21)29-27(30(26(23)32)19-11-13-20(33-5)14-12-19)34-15-22(31)28-24-16(2)9-7-10-17(24)3/h7,9-14H,6,8,15H2,1-5H3,(H,28,31). The van der Waals surface area contributed by atoms with Gasteiger partial charge in [-0.1, -0.05) is 43.3 Å². The monoisotopic (exact) mass is 507 g/mol. The zero-order valence-corrected chi connectivity index (χ0v) is 22.2. The molecular weight excluding hydrogens is 478 g/mol. The normalized spacial score (nSPS) is 11.1. The summed E-state index contributed by atoms with van der Waals surface area (Å²) in [4.78, 5) is 33.4. The second kappa shape index (κ2) is 10.7. The zero-order chi connectivity index (χ0) is 25.1. The molecule has 0 fully saturated rings. The van der Waals surface area contributed by atoms with Crippen molar-refractivity contribution in [2.24, 2.45) is 0 Å². The number of carbonyl (C=O) groups is 1. The van der Waals surface area contributed by atoms with Gasteiger partial charge in [0.15, 0.2) is 5.16 Å². The highest BCUT2D eigenvalue weighted by Crippen LogP contribution is 2.31. The van der Waals surface area contributed by atoms with E-state index < -0.39 is 0 Å². The van der Waals surface area contributed by atoms with Crippen LogP contribution in [-0.4, -0.2) is 28.3 Å². The average molecular weight is 508 g/mol. The van der Waals surface area contributed by atoms with E-state index in [2.05, 4.69) is 12.2 Å². The molecule has 2 heterocycles. The predicted molar refractivity (Wildman–Crippen MR) is 146 cm³/mol. The molecule has 1 amide bonds. The minimum atomic E-state index is -0.142. The lowest BCUT2D eigenvalue weighted by atomic mass is 10.1. The molecule has 6 nitrogen and oxygen atoms in total. The summed E-state index contributed by atoms with van der Waals surface area (Å²) in [5.41, 5.74) is 4.41. The molecule has 0 spiro atoms. The van der Waals surface area contributed by atoms with E-state index in [0.717, 1.165) is 40.0 Å². The number of amides is 1. The van der Waals surface area contributed by atoms with E-state index in [1.807, 2.05) is 63.2 Å². The molecule has 1 N–H and O–H groups in total. The van der Waals surface area contributed by atoms with Crippen molar-refractivity contribution in [3.63, 3.8) is 0 Å². The largest absolute Gasteiger partial charge is 0.497 e. The molecule has 0 aliphatic rings. The van der Waals surface area contributed by atoms with Gasteiger partial charge >= 0.3 is 0 Å². The molecule has 2 aromatic heterocycles. The van der Waals surface area contributed by atoms with Crippen molar-refractivity contribution in [1.29, 1.82) is 0 Å². The van der Waals surface area contributed by atoms with Crippen LogP contribution in [0.25, 0.3) is 15.9 Å². The van der Waals surface area contributed by atoms with Gasteiger partial charge in [-0.15, -0.1) is 11.3 Å². The number of anilines is 1. The number of methoxy groups -OCH3 is 1. The number of thioether (sulfide) groups is 1. The quantitative estimate of drug-likeness (QED) is 0.232. The van der Waals surface area contributed by atoms with Crippen molar-refractivity contribution in [3.05, 3.63) is 74.4 Å². The van der Waals surface area contributed by atoms with E-state index in [1.165, 1.54) is 16.6 Å². The Kier molecular flexibility index (Phi) is 7.62. The number of nitrogens with one attached hydrogen (secondary N) is 1. The molecule has 0 unspecified atom stereocenters. The van der Waals surface area contributed by atoms with Crippen LogP contribution in [0, 0.1) is 20.8 Å². The summed E-state index contributed by atoms with van der Waals surface area (Å²) in [6.45, 7) is 8.07. The van der Waals surface area contributed by atoms with Gasteiger partial charge in [0.25, 0.3) is 5.56 Å². The number of carbonyl (C=O) groups excluding carboxylic acids is 1. The topological polar surface area (TPSA) is 73.2 Å². The highest BCUT2D eigenvalue weighted by molar-refractivity contribution is 7.99. The fourth-order valence-corrected chi connectivity index (χ4v) is 6.18. The van der Waals surface area contributed by atoms with E-state index in [1.54, 1.807) is 23.0 Å². The first-order valence-corrected chi connectivity index (χ1v) is 13.3. The molecule has 4 rings (SSSR count). The third kappa shape index (κ3) is 5.13. The van der Waals surface area contributed by atoms with Crippen LogP contribution >= 0.6 is 23.1 Å². The summed E-state index contributed by atoms with van der Waals surface area (Å²) in [5, 5.41) is 4.16. The predicted octanol–water partition coefficient (Wildman–Crippen LogP) is 6.06. The Hall–Kier alpha value is -3.10. The second-order valence-corrected chi connectivity index (χ2v) is 10.4. The lowest BCUT2D eigenvalue weighted by Gasteiger charge is -2.14. The molecule has 4 aromatic rings. The molecule has 35 heavy (non-hydrogen) atoms. The molecule has 0 saturated carbocycles. The van der Waals surface area contributed by atoms with E-state index in [-0.39, 0.29) is 17.2 Å². The van der Waals surface area contributed by atoms with E-state index >= 15 is 0 Å². The minimum absolute atomic E-state index is 0.117. The van der Waals surface area contributed by atoms with Crippen molar-refractivity contribution in [2.75, 3.05) is 18.2 Å². The molecule has 182 valence electrons. The van der Waals surface area contributed by atoms with Crippen LogP contribution in [0.1, 0.15) is 34.9 Å². The maximum Gasteiger partial charge on any atom is 0.267 e. The lowest BCUT2D eigenvalue weighted by Crippen LogP contribution is -2.23. The summed E-state index contributed by atoms with van der Waals surface area (Å²) >= 11 is 2.83. The molecule has 0 bridgehead atoms. The zero-order valence-electron chi connectivity index (χ0n) is 20.6. The van der Waals surface area contributed by atoms with Crippen LogP contribution in [-0.2, 0) is 11.2 Å². The number of thiophene rings is 1. The summed E-state index contributed by atoms with van der Waals surface area (Å²) in [6.07, 6.45) is 1.91. The smallest absolute Gasteiger partial charge is 0.267 e. The van der Waals surface area contributed by atoms with E-state index in [4.69, 9.17) is 9.72 Å². The first kappa shape index (κ1) is 25.0.